The molecule has 2 nitrogen and oxygen atoms in total. The lowest BCUT2D eigenvalue weighted by Crippen LogP contribution is -1.92. The van der Waals surface area contributed by atoms with Crippen LogP contribution in [0.15, 0.2) is 42.5 Å². The second-order valence-electron chi connectivity index (χ2n) is 5.00. The molecule has 0 aromatic heterocycles. The maximum absolute atomic E-state index is 5.83. The average Bonchev–Trinajstić information content (AvgIpc) is 2.43. The Labute approximate surface area is 115 Å². The van der Waals surface area contributed by atoms with Gasteiger partial charge in [0.2, 0.25) is 0 Å². The fourth-order valence-corrected chi connectivity index (χ4v) is 1.95. The minimum atomic E-state index is 0.591. The molecule has 100 valence electrons. The Balaban J connectivity index is 2.12. The third kappa shape index (κ3) is 3.28. The molecule has 0 amide bonds. The van der Waals surface area contributed by atoms with Crippen molar-refractivity contribution in [1.29, 1.82) is 0 Å². The summed E-state index contributed by atoms with van der Waals surface area (Å²) in [5.74, 6) is 2.27. The second kappa shape index (κ2) is 5.79. The molecule has 0 aliphatic rings. The molecule has 0 unspecified atom stereocenters. The molecule has 0 bridgehead atoms. The Bertz CT molecular complexity index is 546. The monoisotopic (exact) mass is 255 g/mol. The number of nitrogen functional groups attached to an aromatic ring is 1. The lowest BCUT2D eigenvalue weighted by Gasteiger charge is -2.11. The van der Waals surface area contributed by atoms with E-state index in [1.807, 2.05) is 37.3 Å². The highest BCUT2D eigenvalue weighted by atomic mass is 16.5. The lowest BCUT2D eigenvalue weighted by atomic mass is 9.99. The first kappa shape index (κ1) is 13.5. The van der Waals surface area contributed by atoms with Gasteiger partial charge in [0, 0.05) is 5.69 Å². The van der Waals surface area contributed by atoms with Crippen LogP contribution in [0.2, 0.25) is 0 Å². The molecule has 2 heteroatoms. The average molecular weight is 255 g/mol. The fraction of sp³-hybridized carbons (Fsp3) is 0.294. The third-order valence-electron chi connectivity index (χ3n) is 3.54. The van der Waals surface area contributed by atoms with Gasteiger partial charge in [-0.05, 0) is 60.7 Å². The number of ether oxygens (including phenoxy) is 1. The van der Waals surface area contributed by atoms with Gasteiger partial charge in [0.15, 0.2) is 0 Å². The predicted molar refractivity (Wildman–Crippen MR) is 80.8 cm³/mol. The van der Waals surface area contributed by atoms with Crippen LogP contribution in [0.25, 0.3) is 0 Å². The fourth-order valence-electron chi connectivity index (χ4n) is 1.95. The maximum Gasteiger partial charge on any atom is 0.127 e. The van der Waals surface area contributed by atoms with Crippen molar-refractivity contribution in [2.45, 2.75) is 33.1 Å². The molecule has 19 heavy (non-hydrogen) atoms. The van der Waals surface area contributed by atoms with Crippen molar-refractivity contribution < 1.29 is 4.74 Å². The normalized spacial score (nSPS) is 12.2. The van der Waals surface area contributed by atoms with E-state index in [4.69, 9.17) is 10.5 Å². The molecular formula is C17H21NO. The van der Waals surface area contributed by atoms with Crippen LogP contribution in [0.1, 0.15) is 37.3 Å². The molecule has 0 aliphatic heterocycles. The van der Waals surface area contributed by atoms with Crippen LogP contribution in [0.5, 0.6) is 11.5 Å². The maximum atomic E-state index is 5.83. The van der Waals surface area contributed by atoms with Crippen LogP contribution in [0.3, 0.4) is 0 Å². The van der Waals surface area contributed by atoms with E-state index in [0.29, 0.717) is 5.92 Å². The number of nitrogens with two attached hydrogens (primary N) is 1. The zero-order chi connectivity index (χ0) is 13.8. The Hall–Kier alpha value is -1.96. The van der Waals surface area contributed by atoms with Crippen molar-refractivity contribution in [2.75, 3.05) is 5.73 Å². The number of hydrogen-bond donors (Lipinski definition) is 1. The van der Waals surface area contributed by atoms with Gasteiger partial charge in [0.1, 0.15) is 11.5 Å². The van der Waals surface area contributed by atoms with Crippen molar-refractivity contribution in [2.24, 2.45) is 0 Å². The summed E-state index contributed by atoms with van der Waals surface area (Å²) in [6.07, 6.45) is 1.15. The number of hydrogen-bond acceptors (Lipinski definition) is 2. The number of benzene rings is 2. The van der Waals surface area contributed by atoms with Crippen LogP contribution in [0.4, 0.5) is 5.69 Å². The Morgan fingerprint density at radius 1 is 1.05 bits per heavy atom. The molecule has 0 radical (unpaired) electrons. The largest absolute Gasteiger partial charge is 0.457 e. The van der Waals surface area contributed by atoms with Crippen molar-refractivity contribution >= 4 is 5.69 Å². The number of rotatable bonds is 4. The molecule has 0 heterocycles. The molecule has 2 aromatic rings. The minimum Gasteiger partial charge on any atom is -0.457 e. The van der Waals surface area contributed by atoms with E-state index >= 15 is 0 Å². The van der Waals surface area contributed by atoms with Gasteiger partial charge >= 0.3 is 0 Å². The highest BCUT2D eigenvalue weighted by molar-refractivity contribution is 5.50. The van der Waals surface area contributed by atoms with Gasteiger partial charge in [-0.2, -0.15) is 0 Å². The predicted octanol–water partition coefficient (Wildman–Crippen LogP) is 4.88. The zero-order valence-corrected chi connectivity index (χ0v) is 11.8. The summed E-state index contributed by atoms with van der Waals surface area (Å²) in [6, 6.07) is 14.0. The first-order valence-electron chi connectivity index (χ1n) is 6.74. The van der Waals surface area contributed by atoms with Gasteiger partial charge in [-0.1, -0.05) is 26.0 Å². The summed E-state index contributed by atoms with van der Waals surface area (Å²) >= 11 is 0. The zero-order valence-electron chi connectivity index (χ0n) is 11.8. The van der Waals surface area contributed by atoms with E-state index in [1.54, 1.807) is 0 Å². The molecule has 0 spiro atoms. The highest BCUT2D eigenvalue weighted by Crippen LogP contribution is 2.27. The third-order valence-corrected chi connectivity index (χ3v) is 3.54. The Morgan fingerprint density at radius 2 is 1.68 bits per heavy atom. The first-order valence-corrected chi connectivity index (χ1v) is 6.74. The molecule has 0 aliphatic carbocycles. The molecule has 0 fully saturated rings. The summed E-state index contributed by atoms with van der Waals surface area (Å²) in [4.78, 5) is 0. The van der Waals surface area contributed by atoms with Gasteiger partial charge in [0.25, 0.3) is 0 Å². The van der Waals surface area contributed by atoms with E-state index < -0.39 is 0 Å². The van der Waals surface area contributed by atoms with Gasteiger partial charge in [-0.3, -0.25) is 0 Å². The van der Waals surface area contributed by atoms with Crippen LogP contribution in [0, 0.1) is 6.92 Å². The summed E-state index contributed by atoms with van der Waals surface area (Å²) in [5, 5.41) is 0. The van der Waals surface area contributed by atoms with E-state index in [-0.39, 0.29) is 0 Å². The lowest BCUT2D eigenvalue weighted by molar-refractivity contribution is 0.482. The van der Waals surface area contributed by atoms with E-state index in [0.717, 1.165) is 29.2 Å². The van der Waals surface area contributed by atoms with Gasteiger partial charge in [-0.25, -0.2) is 0 Å². The SMILES string of the molecule is CC[C@H](C)c1ccc(Oc2ccc(N)c(C)c2)cc1. The van der Waals surface area contributed by atoms with E-state index in [9.17, 15) is 0 Å². The van der Waals surface area contributed by atoms with Gasteiger partial charge in [0.05, 0.1) is 0 Å². The van der Waals surface area contributed by atoms with Gasteiger partial charge < -0.3 is 10.5 Å². The molecule has 0 saturated carbocycles. The van der Waals surface area contributed by atoms with E-state index in [1.165, 1.54) is 5.56 Å². The van der Waals surface area contributed by atoms with Crippen LogP contribution >= 0.6 is 0 Å². The number of aryl methyl sites for hydroxylation is 1. The molecular weight excluding hydrogens is 234 g/mol. The summed E-state index contributed by atoms with van der Waals surface area (Å²) < 4.78 is 5.83. The number of anilines is 1. The van der Waals surface area contributed by atoms with Crippen molar-refractivity contribution in [3.63, 3.8) is 0 Å². The molecule has 2 N–H and O–H groups in total. The molecule has 0 saturated heterocycles. The molecule has 2 aromatic carbocycles. The van der Waals surface area contributed by atoms with Crippen molar-refractivity contribution in [3.05, 3.63) is 53.6 Å². The summed E-state index contributed by atoms with van der Waals surface area (Å²) in [5.41, 5.74) is 8.97. The second-order valence-corrected chi connectivity index (χ2v) is 5.00. The molecule has 1 atom stereocenters. The Morgan fingerprint density at radius 3 is 2.26 bits per heavy atom. The standard InChI is InChI=1S/C17H21NO/c1-4-12(2)14-5-7-15(8-6-14)19-16-9-10-17(18)13(3)11-16/h5-12H,4,18H2,1-3H3/t12-/m0/s1. The quantitative estimate of drug-likeness (QED) is 0.790. The van der Waals surface area contributed by atoms with Crippen LogP contribution in [-0.2, 0) is 0 Å². The van der Waals surface area contributed by atoms with Crippen molar-refractivity contribution in [3.8, 4) is 11.5 Å². The smallest absolute Gasteiger partial charge is 0.127 e. The minimum absolute atomic E-state index is 0.591. The van der Waals surface area contributed by atoms with Crippen LogP contribution < -0.4 is 10.5 Å². The molecule has 2 rings (SSSR count). The highest BCUT2D eigenvalue weighted by Gasteiger charge is 2.04. The van der Waals surface area contributed by atoms with Crippen LogP contribution in [-0.4, -0.2) is 0 Å². The van der Waals surface area contributed by atoms with Gasteiger partial charge in [-0.15, -0.1) is 0 Å². The summed E-state index contributed by atoms with van der Waals surface area (Å²) in [6.45, 7) is 6.42. The van der Waals surface area contributed by atoms with Crippen molar-refractivity contribution in [1.82, 2.24) is 0 Å². The topological polar surface area (TPSA) is 35.2 Å². The van der Waals surface area contributed by atoms with E-state index in [2.05, 4.69) is 26.0 Å². The summed E-state index contributed by atoms with van der Waals surface area (Å²) in [7, 11) is 0. The Kier molecular flexibility index (Phi) is 4.10. The first-order chi connectivity index (χ1) is 9.10.